The van der Waals surface area contributed by atoms with Crippen LogP contribution in [0.3, 0.4) is 0 Å². The zero-order chi connectivity index (χ0) is 16.8. The first-order chi connectivity index (χ1) is 10.7. The van der Waals surface area contributed by atoms with Gasteiger partial charge in [-0.25, -0.2) is 4.98 Å². The van der Waals surface area contributed by atoms with E-state index in [0.717, 1.165) is 0 Å². The Balaban J connectivity index is 2.29. The summed E-state index contributed by atoms with van der Waals surface area (Å²) in [7, 11) is 0. The molecule has 8 heteroatoms. The molecule has 0 bridgehead atoms. The van der Waals surface area contributed by atoms with Gasteiger partial charge in [0, 0.05) is 11.8 Å². The number of nitrogens with zero attached hydrogens (tertiary/aromatic N) is 1. The molecular formula is C15H8F6N2. The average Bonchev–Trinajstić information content (AvgIpc) is 2.93. The Morgan fingerprint density at radius 1 is 0.826 bits per heavy atom. The van der Waals surface area contributed by atoms with Crippen LogP contribution in [0.5, 0.6) is 0 Å². The van der Waals surface area contributed by atoms with Crippen molar-refractivity contribution in [1.82, 2.24) is 9.97 Å². The van der Waals surface area contributed by atoms with Gasteiger partial charge < -0.3 is 4.98 Å². The van der Waals surface area contributed by atoms with E-state index in [0.29, 0.717) is 23.0 Å². The van der Waals surface area contributed by atoms with Crippen LogP contribution in [0.4, 0.5) is 26.3 Å². The van der Waals surface area contributed by atoms with Crippen molar-refractivity contribution in [1.29, 1.82) is 0 Å². The van der Waals surface area contributed by atoms with Crippen LogP contribution in [0.15, 0.2) is 42.6 Å². The van der Waals surface area contributed by atoms with E-state index in [9.17, 15) is 26.3 Å². The number of nitrogens with one attached hydrogen (secondary N) is 1. The summed E-state index contributed by atoms with van der Waals surface area (Å²) >= 11 is 0. The lowest BCUT2D eigenvalue weighted by molar-refractivity contribution is -0.150. The Kier molecular flexibility index (Phi) is 3.35. The van der Waals surface area contributed by atoms with Gasteiger partial charge in [0.1, 0.15) is 11.4 Å². The van der Waals surface area contributed by atoms with Crippen LogP contribution in [-0.4, -0.2) is 9.97 Å². The van der Waals surface area contributed by atoms with Crippen LogP contribution in [-0.2, 0) is 12.4 Å². The number of benzene rings is 1. The molecular weight excluding hydrogens is 322 g/mol. The number of hydrogen-bond acceptors (Lipinski definition) is 1. The number of H-pyrrole nitrogens is 1. The quantitative estimate of drug-likeness (QED) is 0.605. The van der Waals surface area contributed by atoms with E-state index in [1.54, 1.807) is 24.4 Å². The van der Waals surface area contributed by atoms with Gasteiger partial charge in [0.15, 0.2) is 0 Å². The normalized spacial score (nSPS) is 12.8. The number of aromatic amines is 1. The van der Waals surface area contributed by atoms with E-state index < -0.39 is 23.7 Å². The predicted octanol–water partition coefficient (Wildman–Crippen LogP) is 5.27. The molecule has 0 atom stereocenters. The number of para-hydroxylation sites is 1. The Hall–Kier alpha value is -2.51. The van der Waals surface area contributed by atoms with Gasteiger partial charge in [-0.15, -0.1) is 0 Å². The molecule has 0 aliphatic carbocycles. The maximum Gasteiger partial charge on any atom is 0.433 e. The third-order valence-electron chi connectivity index (χ3n) is 3.30. The van der Waals surface area contributed by atoms with Crippen molar-refractivity contribution in [2.24, 2.45) is 0 Å². The summed E-state index contributed by atoms with van der Waals surface area (Å²) in [5.74, 6) is 0. The third kappa shape index (κ3) is 2.88. The standard InChI is InChI=1S/C15H8F6N2/c16-14(17,18)11-6-9(7-12(23-11)15(19,20)21)10-3-1-2-8-4-5-22-13(8)10/h1-7,22H. The molecule has 2 nitrogen and oxygen atoms in total. The van der Waals surface area contributed by atoms with Gasteiger partial charge in [0.2, 0.25) is 0 Å². The van der Waals surface area contributed by atoms with Gasteiger partial charge in [0.05, 0.1) is 5.52 Å². The fourth-order valence-electron chi connectivity index (χ4n) is 2.30. The second-order valence-corrected chi connectivity index (χ2v) is 4.87. The van der Waals surface area contributed by atoms with Gasteiger partial charge >= 0.3 is 12.4 Å². The van der Waals surface area contributed by atoms with Crippen LogP contribution in [0.1, 0.15) is 11.4 Å². The number of pyridine rings is 1. The number of hydrogen-bond donors (Lipinski definition) is 1. The molecule has 2 heterocycles. The van der Waals surface area contributed by atoms with Crippen molar-refractivity contribution in [2.45, 2.75) is 12.4 Å². The predicted molar refractivity (Wildman–Crippen MR) is 71.5 cm³/mol. The van der Waals surface area contributed by atoms with Crippen LogP contribution in [0, 0.1) is 0 Å². The zero-order valence-corrected chi connectivity index (χ0v) is 11.3. The van der Waals surface area contributed by atoms with Crippen molar-refractivity contribution >= 4 is 10.9 Å². The summed E-state index contributed by atoms with van der Waals surface area (Å²) in [6.07, 6.45) is -8.38. The first-order valence-corrected chi connectivity index (χ1v) is 6.39. The Morgan fingerprint density at radius 3 is 2.00 bits per heavy atom. The molecule has 2 aromatic heterocycles. The minimum Gasteiger partial charge on any atom is -0.361 e. The monoisotopic (exact) mass is 330 g/mol. The fraction of sp³-hybridized carbons (Fsp3) is 0.133. The molecule has 0 saturated heterocycles. The Bertz CT molecular complexity index is 828. The molecule has 120 valence electrons. The van der Waals surface area contributed by atoms with E-state index in [4.69, 9.17) is 0 Å². The maximum absolute atomic E-state index is 12.9. The summed E-state index contributed by atoms with van der Waals surface area (Å²) in [5, 5.41) is 0.682. The fourth-order valence-corrected chi connectivity index (χ4v) is 2.30. The minimum absolute atomic E-state index is 0.201. The van der Waals surface area contributed by atoms with Crippen LogP contribution >= 0.6 is 0 Å². The summed E-state index contributed by atoms with van der Waals surface area (Å²) in [4.78, 5) is 5.53. The molecule has 0 aliphatic rings. The largest absolute Gasteiger partial charge is 0.433 e. The number of halogens is 6. The lowest BCUT2D eigenvalue weighted by Gasteiger charge is -2.13. The van der Waals surface area contributed by atoms with Gasteiger partial charge in [-0.05, 0) is 29.1 Å². The molecule has 0 aliphatic heterocycles. The maximum atomic E-state index is 12.9. The van der Waals surface area contributed by atoms with E-state index in [1.165, 1.54) is 6.07 Å². The van der Waals surface area contributed by atoms with Crippen molar-refractivity contribution in [2.75, 3.05) is 0 Å². The second-order valence-electron chi connectivity index (χ2n) is 4.87. The highest BCUT2D eigenvalue weighted by molar-refractivity contribution is 5.94. The molecule has 0 saturated carbocycles. The first-order valence-electron chi connectivity index (χ1n) is 6.39. The highest BCUT2D eigenvalue weighted by Gasteiger charge is 2.39. The van der Waals surface area contributed by atoms with Crippen molar-refractivity contribution in [3.8, 4) is 11.1 Å². The molecule has 3 rings (SSSR count). The number of alkyl halides is 6. The molecule has 0 amide bonds. The second kappa shape index (κ2) is 5.00. The average molecular weight is 330 g/mol. The third-order valence-corrected chi connectivity index (χ3v) is 3.30. The zero-order valence-electron chi connectivity index (χ0n) is 11.3. The van der Waals surface area contributed by atoms with Crippen LogP contribution in [0.25, 0.3) is 22.0 Å². The highest BCUT2D eigenvalue weighted by Crippen LogP contribution is 2.37. The number of rotatable bonds is 1. The van der Waals surface area contributed by atoms with Crippen LogP contribution in [0.2, 0.25) is 0 Å². The number of aromatic nitrogens is 2. The minimum atomic E-state index is -4.97. The van der Waals surface area contributed by atoms with E-state index in [1.807, 2.05) is 0 Å². The molecule has 0 unspecified atom stereocenters. The van der Waals surface area contributed by atoms with Crippen molar-refractivity contribution < 1.29 is 26.3 Å². The summed E-state index contributed by atoms with van der Waals surface area (Å²) < 4.78 is 77.2. The van der Waals surface area contributed by atoms with E-state index in [2.05, 4.69) is 9.97 Å². The molecule has 0 fully saturated rings. The van der Waals surface area contributed by atoms with Crippen LogP contribution < -0.4 is 0 Å². The Morgan fingerprint density at radius 2 is 1.43 bits per heavy atom. The molecule has 3 aromatic rings. The molecule has 1 aromatic carbocycles. The van der Waals surface area contributed by atoms with Crippen molar-refractivity contribution in [3.05, 3.63) is 54.0 Å². The van der Waals surface area contributed by atoms with Crippen molar-refractivity contribution in [3.63, 3.8) is 0 Å². The van der Waals surface area contributed by atoms with Gasteiger partial charge in [-0.1, -0.05) is 18.2 Å². The lowest BCUT2D eigenvalue weighted by atomic mass is 10.0. The lowest BCUT2D eigenvalue weighted by Crippen LogP contribution is -2.15. The molecule has 1 N–H and O–H groups in total. The summed E-state index contributed by atoms with van der Waals surface area (Å²) in [6.45, 7) is 0. The van der Waals surface area contributed by atoms with E-state index in [-0.39, 0.29) is 11.1 Å². The smallest absolute Gasteiger partial charge is 0.361 e. The number of fused-ring (bicyclic) bond motifs is 1. The molecule has 0 radical (unpaired) electrons. The van der Waals surface area contributed by atoms with Gasteiger partial charge in [-0.3, -0.25) is 0 Å². The summed E-state index contributed by atoms with van der Waals surface area (Å²) in [5.41, 5.74) is -2.66. The first kappa shape index (κ1) is 15.4. The van der Waals surface area contributed by atoms with Gasteiger partial charge in [0.25, 0.3) is 0 Å². The summed E-state index contributed by atoms with van der Waals surface area (Å²) in [6, 6.07) is 7.62. The molecule has 23 heavy (non-hydrogen) atoms. The highest BCUT2D eigenvalue weighted by atomic mass is 19.4. The molecule has 0 spiro atoms. The SMILES string of the molecule is FC(F)(F)c1cc(-c2cccc3cc[nH]c23)cc(C(F)(F)F)n1. The topological polar surface area (TPSA) is 28.7 Å². The van der Waals surface area contributed by atoms with Gasteiger partial charge in [-0.2, -0.15) is 26.3 Å². The Labute approximate surface area is 125 Å². The van der Waals surface area contributed by atoms with E-state index >= 15 is 0 Å².